The summed E-state index contributed by atoms with van der Waals surface area (Å²) in [6, 6.07) is 5.90. The van der Waals surface area contributed by atoms with E-state index in [0.29, 0.717) is 0 Å². The van der Waals surface area contributed by atoms with Crippen LogP contribution in [0.2, 0.25) is 0 Å². The van der Waals surface area contributed by atoms with Crippen molar-refractivity contribution in [2.24, 2.45) is 5.92 Å². The van der Waals surface area contributed by atoms with Crippen molar-refractivity contribution in [3.05, 3.63) is 29.3 Å². The molecule has 0 bridgehead atoms. The lowest BCUT2D eigenvalue weighted by atomic mass is 9.89. The quantitative estimate of drug-likeness (QED) is 0.851. The third kappa shape index (κ3) is 1.66. The number of fused-ring (bicyclic) bond motifs is 1. The average Bonchev–Trinajstić information content (AvgIpc) is 2.71. The van der Waals surface area contributed by atoms with Crippen LogP contribution in [0.15, 0.2) is 18.2 Å². The third-order valence-corrected chi connectivity index (χ3v) is 3.49. The smallest absolute Gasteiger partial charge is 0.306 e. The van der Waals surface area contributed by atoms with Gasteiger partial charge in [0.2, 0.25) is 0 Å². The number of benzene rings is 1. The standard InChI is InChI=1S/C13H16O3/c1-8(13(14)15)9-6-7-11-10(9)4-3-5-12(11)16-2/h3-5,8-9H,6-7H2,1-2H3,(H,14,15). The van der Waals surface area contributed by atoms with Gasteiger partial charge in [-0.15, -0.1) is 0 Å². The first kappa shape index (κ1) is 11.0. The number of aliphatic carboxylic acids is 1. The van der Waals surface area contributed by atoms with Crippen molar-refractivity contribution in [3.63, 3.8) is 0 Å². The van der Waals surface area contributed by atoms with Gasteiger partial charge in [0.05, 0.1) is 13.0 Å². The van der Waals surface area contributed by atoms with Crippen LogP contribution in [-0.4, -0.2) is 18.2 Å². The summed E-state index contributed by atoms with van der Waals surface area (Å²) >= 11 is 0. The highest BCUT2D eigenvalue weighted by Crippen LogP contribution is 2.42. The van der Waals surface area contributed by atoms with Crippen molar-refractivity contribution in [1.29, 1.82) is 0 Å². The molecule has 3 heteroatoms. The summed E-state index contributed by atoms with van der Waals surface area (Å²) < 4.78 is 5.30. The van der Waals surface area contributed by atoms with Crippen molar-refractivity contribution >= 4 is 5.97 Å². The molecule has 0 saturated heterocycles. The van der Waals surface area contributed by atoms with Crippen LogP contribution < -0.4 is 4.74 Å². The molecule has 0 radical (unpaired) electrons. The van der Waals surface area contributed by atoms with Crippen LogP contribution in [0.4, 0.5) is 0 Å². The molecular formula is C13H16O3. The molecule has 1 aliphatic carbocycles. The molecule has 1 aliphatic rings. The Bertz CT molecular complexity index is 412. The predicted octanol–water partition coefficient (Wildman–Crippen LogP) is 2.45. The van der Waals surface area contributed by atoms with E-state index in [1.54, 1.807) is 14.0 Å². The van der Waals surface area contributed by atoms with Crippen LogP contribution in [0.1, 0.15) is 30.4 Å². The van der Waals surface area contributed by atoms with E-state index in [9.17, 15) is 4.79 Å². The first-order valence-electron chi connectivity index (χ1n) is 5.53. The molecule has 2 rings (SSSR count). The molecule has 0 saturated carbocycles. The first-order chi connectivity index (χ1) is 7.65. The van der Waals surface area contributed by atoms with Crippen molar-refractivity contribution < 1.29 is 14.6 Å². The molecule has 0 aromatic heterocycles. The number of hydrogen-bond donors (Lipinski definition) is 1. The van der Waals surface area contributed by atoms with Gasteiger partial charge in [-0.05, 0) is 36.0 Å². The fraction of sp³-hybridized carbons (Fsp3) is 0.462. The molecule has 0 spiro atoms. The molecule has 86 valence electrons. The van der Waals surface area contributed by atoms with Gasteiger partial charge >= 0.3 is 5.97 Å². The van der Waals surface area contributed by atoms with Crippen molar-refractivity contribution in [2.75, 3.05) is 7.11 Å². The largest absolute Gasteiger partial charge is 0.496 e. The number of carboxylic acid groups (broad SMARTS) is 1. The number of hydrogen-bond acceptors (Lipinski definition) is 2. The highest BCUT2D eigenvalue weighted by atomic mass is 16.5. The number of ether oxygens (including phenoxy) is 1. The predicted molar refractivity (Wildman–Crippen MR) is 60.9 cm³/mol. The Labute approximate surface area is 95.0 Å². The fourth-order valence-electron chi connectivity index (χ4n) is 2.54. The van der Waals surface area contributed by atoms with Gasteiger partial charge in [-0.25, -0.2) is 0 Å². The van der Waals surface area contributed by atoms with Crippen LogP contribution >= 0.6 is 0 Å². The molecule has 3 nitrogen and oxygen atoms in total. The topological polar surface area (TPSA) is 46.5 Å². The van der Waals surface area contributed by atoms with Crippen LogP contribution in [0.25, 0.3) is 0 Å². The van der Waals surface area contributed by atoms with E-state index in [1.165, 1.54) is 5.56 Å². The molecule has 1 aromatic carbocycles. The zero-order chi connectivity index (χ0) is 11.7. The van der Waals surface area contributed by atoms with E-state index in [2.05, 4.69) is 0 Å². The second-order valence-electron chi connectivity index (χ2n) is 4.30. The van der Waals surface area contributed by atoms with E-state index in [-0.39, 0.29) is 11.8 Å². The lowest BCUT2D eigenvalue weighted by Gasteiger charge is -2.16. The Morgan fingerprint density at radius 3 is 2.94 bits per heavy atom. The fourth-order valence-corrected chi connectivity index (χ4v) is 2.54. The van der Waals surface area contributed by atoms with Crippen LogP contribution in [0, 0.1) is 5.92 Å². The molecule has 0 heterocycles. The summed E-state index contributed by atoms with van der Waals surface area (Å²) in [5.74, 6) is -0.0331. The van der Waals surface area contributed by atoms with Gasteiger partial charge in [0, 0.05) is 0 Å². The summed E-state index contributed by atoms with van der Waals surface area (Å²) in [6.45, 7) is 1.78. The minimum absolute atomic E-state index is 0.127. The van der Waals surface area contributed by atoms with Gasteiger partial charge in [-0.2, -0.15) is 0 Å². The minimum atomic E-state index is -0.722. The van der Waals surface area contributed by atoms with Gasteiger partial charge in [-0.1, -0.05) is 19.1 Å². The zero-order valence-electron chi connectivity index (χ0n) is 9.56. The van der Waals surface area contributed by atoms with Crippen LogP contribution in [-0.2, 0) is 11.2 Å². The van der Waals surface area contributed by atoms with E-state index in [4.69, 9.17) is 9.84 Å². The van der Waals surface area contributed by atoms with Gasteiger partial charge in [0.25, 0.3) is 0 Å². The number of carbonyl (C=O) groups is 1. The summed E-state index contributed by atoms with van der Waals surface area (Å²) in [6.07, 6.45) is 1.82. The highest BCUT2D eigenvalue weighted by Gasteiger charge is 2.32. The third-order valence-electron chi connectivity index (χ3n) is 3.49. The Hall–Kier alpha value is -1.51. The zero-order valence-corrected chi connectivity index (χ0v) is 9.56. The second-order valence-corrected chi connectivity index (χ2v) is 4.30. The SMILES string of the molecule is COc1cccc2c1CCC2C(C)C(=O)O. The number of methoxy groups -OCH3 is 1. The molecular weight excluding hydrogens is 204 g/mol. The Kier molecular flexibility index (Phi) is 2.86. The molecule has 0 amide bonds. The maximum absolute atomic E-state index is 11.0. The Morgan fingerprint density at radius 2 is 2.31 bits per heavy atom. The van der Waals surface area contributed by atoms with E-state index in [1.807, 2.05) is 18.2 Å². The normalized spacial score (nSPS) is 20.2. The molecule has 1 aromatic rings. The highest BCUT2D eigenvalue weighted by molar-refractivity contribution is 5.71. The van der Waals surface area contributed by atoms with E-state index < -0.39 is 5.97 Å². The molecule has 0 aliphatic heterocycles. The maximum atomic E-state index is 11.0. The monoisotopic (exact) mass is 220 g/mol. The van der Waals surface area contributed by atoms with Gasteiger partial charge in [-0.3, -0.25) is 4.79 Å². The lowest BCUT2D eigenvalue weighted by molar-refractivity contribution is -0.141. The number of carboxylic acids is 1. The number of rotatable bonds is 3. The van der Waals surface area contributed by atoms with Gasteiger partial charge in [0.15, 0.2) is 0 Å². The van der Waals surface area contributed by atoms with Crippen LogP contribution in [0.5, 0.6) is 5.75 Å². The molecule has 1 N–H and O–H groups in total. The average molecular weight is 220 g/mol. The Balaban J connectivity index is 2.37. The molecule has 2 atom stereocenters. The second kappa shape index (κ2) is 4.16. The Morgan fingerprint density at radius 1 is 1.56 bits per heavy atom. The molecule has 0 fully saturated rings. The van der Waals surface area contributed by atoms with E-state index >= 15 is 0 Å². The minimum Gasteiger partial charge on any atom is -0.496 e. The summed E-state index contributed by atoms with van der Waals surface area (Å²) in [4.78, 5) is 11.0. The maximum Gasteiger partial charge on any atom is 0.306 e. The lowest BCUT2D eigenvalue weighted by Crippen LogP contribution is -2.17. The van der Waals surface area contributed by atoms with Crippen molar-refractivity contribution in [2.45, 2.75) is 25.7 Å². The van der Waals surface area contributed by atoms with Crippen LogP contribution in [0.3, 0.4) is 0 Å². The molecule has 2 unspecified atom stereocenters. The van der Waals surface area contributed by atoms with Gasteiger partial charge < -0.3 is 9.84 Å². The van der Waals surface area contributed by atoms with Crippen molar-refractivity contribution in [1.82, 2.24) is 0 Å². The summed E-state index contributed by atoms with van der Waals surface area (Å²) in [7, 11) is 1.66. The van der Waals surface area contributed by atoms with Crippen molar-refractivity contribution in [3.8, 4) is 5.75 Å². The summed E-state index contributed by atoms with van der Waals surface area (Å²) in [5, 5.41) is 9.06. The first-order valence-corrected chi connectivity index (χ1v) is 5.53. The van der Waals surface area contributed by atoms with Gasteiger partial charge in [0.1, 0.15) is 5.75 Å². The van der Waals surface area contributed by atoms with E-state index in [0.717, 1.165) is 24.2 Å². The summed E-state index contributed by atoms with van der Waals surface area (Å²) in [5.41, 5.74) is 2.33. The molecule has 16 heavy (non-hydrogen) atoms.